The third kappa shape index (κ3) is 4.26. The Morgan fingerprint density at radius 3 is 2.16 bits per heavy atom. The average molecular weight is 423 g/mol. The lowest BCUT2D eigenvalue weighted by Crippen LogP contribution is -2.32. The van der Waals surface area contributed by atoms with Gasteiger partial charge in [-0.15, -0.1) is 0 Å². The van der Waals surface area contributed by atoms with E-state index >= 15 is 0 Å². The number of rotatable bonds is 6. The molecule has 1 aliphatic rings. The van der Waals surface area contributed by atoms with Crippen LogP contribution in [0.15, 0.2) is 66.7 Å². The molecule has 0 saturated carbocycles. The van der Waals surface area contributed by atoms with E-state index in [9.17, 15) is 18.4 Å². The van der Waals surface area contributed by atoms with Gasteiger partial charge < -0.3 is 15.2 Å². The predicted molar refractivity (Wildman–Crippen MR) is 110 cm³/mol. The number of hydrogen-bond acceptors (Lipinski definition) is 3. The topological polar surface area (TPSA) is 75.6 Å². The Bertz CT molecular complexity index is 1100. The fraction of sp³-hybridized carbons (Fsp3) is 0.167. The zero-order valence-corrected chi connectivity index (χ0v) is 16.3. The summed E-state index contributed by atoms with van der Waals surface area (Å²) in [6, 6.07) is 17.2. The number of carbonyl (C=O) groups excluding carboxylic acids is 1. The van der Waals surface area contributed by atoms with Gasteiger partial charge >= 0.3 is 12.1 Å². The number of nitrogens with one attached hydrogen (secondary N) is 1. The molecule has 0 aromatic heterocycles. The fourth-order valence-electron chi connectivity index (χ4n) is 3.98. The van der Waals surface area contributed by atoms with Gasteiger partial charge in [-0.1, -0.05) is 54.6 Å². The van der Waals surface area contributed by atoms with Crippen molar-refractivity contribution in [2.24, 2.45) is 0 Å². The van der Waals surface area contributed by atoms with Crippen LogP contribution in [-0.2, 0) is 9.53 Å². The van der Waals surface area contributed by atoms with E-state index in [2.05, 4.69) is 5.32 Å². The van der Waals surface area contributed by atoms with E-state index in [0.29, 0.717) is 6.07 Å². The molecule has 31 heavy (non-hydrogen) atoms. The molecule has 5 nitrogen and oxygen atoms in total. The van der Waals surface area contributed by atoms with Crippen LogP contribution in [-0.4, -0.2) is 23.8 Å². The molecule has 0 unspecified atom stereocenters. The number of ether oxygens (including phenoxy) is 1. The number of alkyl carbamates (subject to hydrolysis) is 1. The van der Waals surface area contributed by atoms with Crippen molar-refractivity contribution in [3.8, 4) is 11.1 Å². The van der Waals surface area contributed by atoms with E-state index in [0.717, 1.165) is 34.4 Å². The maximum atomic E-state index is 14.1. The third-order valence-electron chi connectivity index (χ3n) is 5.35. The zero-order valence-electron chi connectivity index (χ0n) is 16.3. The second-order valence-corrected chi connectivity index (χ2v) is 7.29. The van der Waals surface area contributed by atoms with Crippen molar-refractivity contribution in [2.45, 2.75) is 18.4 Å². The van der Waals surface area contributed by atoms with E-state index in [1.54, 1.807) is 0 Å². The van der Waals surface area contributed by atoms with Gasteiger partial charge in [-0.2, -0.15) is 0 Å². The van der Waals surface area contributed by atoms with Gasteiger partial charge in [-0.3, -0.25) is 4.79 Å². The summed E-state index contributed by atoms with van der Waals surface area (Å²) in [4.78, 5) is 23.6. The summed E-state index contributed by atoms with van der Waals surface area (Å²) in [7, 11) is 0. The molecule has 0 bridgehead atoms. The number of halogens is 2. The number of hydrogen-bond donors (Lipinski definition) is 2. The lowest BCUT2D eigenvalue weighted by atomic mass is 9.98. The summed E-state index contributed by atoms with van der Waals surface area (Å²) >= 11 is 0. The van der Waals surface area contributed by atoms with Gasteiger partial charge in [0.15, 0.2) is 0 Å². The molecule has 0 saturated heterocycles. The van der Waals surface area contributed by atoms with Crippen LogP contribution in [0.5, 0.6) is 0 Å². The molecule has 3 aromatic carbocycles. The highest BCUT2D eigenvalue weighted by molar-refractivity contribution is 5.79. The first-order valence-corrected chi connectivity index (χ1v) is 9.72. The Morgan fingerprint density at radius 2 is 1.58 bits per heavy atom. The molecule has 0 fully saturated rings. The highest BCUT2D eigenvalue weighted by atomic mass is 19.1. The van der Waals surface area contributed by atoms with Crippen LogP contribution in [0.2, 0.25) is 0 Å². The molecular formula is C24H19F2NO4. The first kappa shape index (κ1) is 20.5. The van der Waals surface area contributed by atoms with Crippen molar-refractivity contribution in [1.29, 1.82) is 0 Å². The summed E-state index contributed by atoms with van der Waals surface area (Å²) in [6.45, 7) is 0.0333. The van der Waals surface area contributed by atoms with Crippen LogP contribution in [0.1, 0.15) is 35.1 Å². The minimum absolute atomic E-state index is 0.0333. The highest BCUT2D eigenvalue weighted by Crippen LogP contribution is 2.44. The first-order chi connectivity index (χ1) is 14.9. The first-order valence-electron chi connectivity index (χ1n) is 9.72. The number of carboxylic acids is 1. The summed E-state index contributed by atoms with van der Waals surface area (Å²) in [5.74, 6) is -3.15. The van der Waals surface area contributed by atoms with Crippen molar-refractivity contribution in [1.82, 2.24) is 5.32 Å². The summed E-state index contributed by atoms with van der Waals surface area (Å²) < 4.78 is 32.7. The highest BCUT2D eigenvalue weighted by Gasteiger charge is 2.29. The van der Waals surface area contributed by atoms with Gasteiger partial charge in [0, 0.05) is 17.5 Å². The fourth-order valence-corrected chi connectivity index (χ4v) is 3.98. The second kappa shape index (κ2) is 8.55. The van der Waals surface area contributed by atoms with Crippen LogP contribution in [0.25, 0.3) is 11.1 Å². The number of carbonyl (C=O) groups is 2. The number of amides is 1. The van der Waals surface area contributed by atoms with Gasteiger partial charge in [-0.05, 0) is 28.3 Å². The molecule has 0 heterocycles. The number of carboxylic acid groups (broad SMARTS) is 1. The summed E-state index contributed by atoms with van der Waals surface area (Å²) in [5.41, 5.74) is 4.08. The van der Waals surface area contributed by atoms with E-state index in [1.807, 2.05) is 48.5 Å². The monoisotopic (exact) mass is 423 g/mol. The molecule has 158 valence electrons. The van der Waals surface area contributed by atoms with E-state index in [1.165, 1.54) is 0 Å². The largest absolute Gasteiger partial charge is 0.481 e. The maximum Gasteiger partial charge on any atom is 0.407 e. The van der Waals surface area contributed by atoms with Gasteiger partial charge in [0.1, 0.15) is 18.2 Å². The standard InChI is InChI=1S/C24H19F2NO4/c25-14-9-10-19(21(26)11-14)22(12-23(28)29)27-24(30)31-13-20-17-7-3-1-5-15(17)16-6-2-4-8-18(16)20/h1-11,20,22H,12-13H2,(H,27,30)(H,28,29)/t22-/m1/s1. The molecule has 1 amide bonds. The predicted octanol–water partition coefficient (Wildman–Crippen LogP) is 5.02. The lowest BCUT2D eigenvalue weighted by molar-refractivity contribution is -0.137. The number of aliphatic carboxylic acids is 1. The van der Waals surface area contributed by atoms with Crippen molar-refractivity contribution in [2.75, 3.05) is 6.61 Å². The second-order valence-electron chi connectivity index (χ2n) is 7.29. The molecule has 0 spiro atoms. The molecule has 7 heteroatoms. The zero-order chi connectivity index (χ0) is 22.0. The number of benzene rings is 3. The summed E-state index contributed by atoms with van der Waals surface area (Å²) in [5, 5.41) is 11.5. The van der Waals surface area contributed by atoms with Gasteiger partial charge in [0.2, 0.25) is 0 Å². The third-order valence-corrected chi connectivity index (χ3v) is 5.35. The molecule has 1 atom stereocenters. The van der Waals surface area contributed by atoms with Crippen molar-refractivity contribution in [3.63, 3.8) is 0 Å². The molecule has 0 aliphatic heterocycles. The Kier molecular flexibility index (Phi) is 5.66. The van der Waals surface area contributed by atoms with Crippen molar-refractivity contribution >= 4 is 12.1 Å². The van der Waals surface area contributed by atoms with Gasteiger partial charge in [0.05, 0.1) is 12.5 Å². The van der Waals surface area contributed by atoms with Gasteiger partial charge in [-0.25, -0.2) is 13.6 Å². The Morgan fingerprint density at radius 1 is 0.968 bits per heavy atom. The average Bonchev–Trinajstić information content (AvgIpc) is 3.05. The van der Waals surface area contributed by atoms with Crippen LogP contribution < -0.4 is 5.32 Å². The smallest absolute Gasteiger partial charge is 0.407 e. The SMILES string of the molecule is O=C(O)C[C@@H](NC(=O)OCC1c2ccccc2-c2ccccc21)c1ccc(F)cc1F. The number of fused-ring (bicyclic) bond motifs is 3. The summed E-state index contributed by atoms with van der Waals surface area (Å²) in [6.07, 6.45) is -1.45. The molecular weight excluding hydrogens is 404 g/mol. The molecule has 4 rings (SSSR count). The maximum absolute atomic E-state index is 14.1. The van der Waals surface area contributed by atoms with E-state index < -0.39 is 36.2 Å². The quantitative estimate of drug-likeness (QED) is 0.584. The molecule has 2 N–H and O–H groups in total. The normalized spacial score (nSPS) is 13.2. The minimum atomic E-state index is -1.24. The van der Waals surface area contributed by atoms with Crippen LogP contribution in [0, 0.1) is 11.6 Å². The van der Waals surface area contributed by atoms with Crippen LogP contribution >= 0.6 is 0 Å². The minimum Gasteiger partial charge on any atom is -0.481 e. The molecule has 0 radical (unpaired) electrons. The van der Waals surface area contributed by atoms with Crippen LogP contribution in [0.3, 0.4) is 0 Å². The Hall–Kier alpha value is -3.74. The molecule has 3 aromatic rings. The Balaban J connectivity index is 1.50. The van der Waals surface area contributed by atoms with Crippen molar-refractivity contribution in [3.05, 3.63) is 95.1 Å². The Labute approximate surface area is 177 Å². The van der Waals surface area contributed by atoms with E-state index in [4.69, 9.17) is 9.84 Å². The van der Waals surface area contributed by atoms with Crippen LogP contribution in [0.4, 0.5) is 13.6 Å². The van der Waals surface area contributed by atoms with E-state index in [-0.39, 0.29) is 18.1 Å². The van der Waals surface area contributed by atoms with Gasteiger partial charge in [0.25, 0.3) is 0 Å². The van der Waals surface area contributed by atoms with Crippen molar-refractivity contribution < 1.29 is 28.2 Å². The molecule has 1 aliphatic carbocycles. The lowest BCUT2D eigenvalue weighted by Gasteiger charge is -2.19.